The molecule has 69 heavy (non-hydrogen) atoms. The Morgan fingerprint density at radius 3 is 1.72 bits per heavy atom. The van der Waals surface area contributed by atoms with E-state index in [0.717, 1.165) is 0 Å². The third-order valence-corrected chi connectivity index (χ3v) is 11.0. The predicted octanol–water partition coefficient (Wildman–Crippen LogP) is -3.16. The average Bonchev–Trinajstić information content (AvgIpc) is 3.98. The summed E-state index contributed by atoms with van der Waals surface area (Å²) >= 11 is 3.96. The minimum absolute atomic E-state index is 0.00629. The molecule has 0 saturated carbocycles. The Balaban J connectivity index is 2.00. The van der Waals surface area contributed by atoms with Crippen LogP contribution in [0.2, 0.25) is 0 Å². The molecular formula is C42H62N14O12S. The average molecular weight is 987 g/mol. The standard InChI is InChI=1S/C42H62N14O12S/c43-14-4-3-8-27(37(63)56-32(20-69)41(67)68)52-38(64)29(11-13-34(59)60)53-40(66)31(17-23-19-47-21-50-23)55-39(65)30(16-22-18-49-26-7-2-1-6-24(22)26)54-36(62)28(9-5-15-48-42(45)46)51-35(61)25(44)10-12-33(57)58/h1-2,6-7,18-19,21,25,27-32,49,69H,3-5,8-17,20,43-44H2,(H,47,50)(H,51,61)(H,52,64)(H,53,66)(H,54,62)(H,55,65)(H,56,63)(H,57,58)(H,59,60)(H,67,68)(H4,45,46,48)/t25-,27-,28-,29-,30-,31-,32-/m0/s1. The molecule has 0 aliphatic carbocycles. The second kappa shape index (κ2) is 28.8. The minimum atomic E-state index is -1.62. The molecule has 7 atom stereocenters. The van der Waals surface area contributed by atoms with Gasteiger partial charge < -0.3 is 80.1 Å². The number of benzene rings is 1. The van der Waals surface area contributed by atoms with E-state index in [0.29, 0.717) is 35.0 Å². The fraction of sp³-hybridized carbons (Fsp3) is 0.500. The van der Waals surface area contributed by atoms with E-state index in [4.69, 9.17) is 28.0 Å². The van der Waals surface area contributed by atoms with Crippen molar-refractivity contribution in [2.75, 3.05) is 18.8 Å². The van der Waals surface area contributed by atoms with Gasteiger partial charge in [-0.1, -0.05) is 18.2 Å². The number of hydrogen-bond acceptors (Lipinski definition) is 14. The van der Waals surface area contributed by atoms with Gasteiger partial charge >= 0.3 is 17.9 Å². The lowest BCUT2D eigenvalue weighted by Crippen LogP contribution is -2.60. The molecule has 6 amide bonds. The number of imidazole rings is 1. The Morgan fingerprint density at radius 2 is 1.17 bits per heavy atom. The number of thiol groups is 1. The first-order valence-corrected chi connectivity index (χ1v) is 22.6. The van der Waals surface area contributed by atoms with Gasteiger partial charge in [0.25, 0.3) is 0 Å². The SMILES string of the molecule is NCCCC[C@H](NC(=O)[C@H](CCC(=O)O)NC(=O)[C@H](Cc1cnc[nH]1)NC(=O)[C@H](Cc1c[nH]c2ccccc12)NC(=O)[C@H](CCCN=C(N)N)NC(=O)[C@@H](N)CCC(=O)O)C(=O)N[C@@H](CS)C(=O)O. The molecule has 0 aliphatic heterocycles. The van der Waals surface area contributed by atoms with E-state index in [1.807, 2.05) is 0 Å². The number of guanidine groups is 1. The van der Waals surface area contributed by atoms with Crippen molar-refractivity contribution in [3.05, 3.63) is 54.2 Å². The summed E-state index contributed by atoms with van der Waals surface area (Å²) in [6, 6.07) is -2.96. The van der Waals surface area contributed by atoms with E-state index in [9.17, 15) is 53.4 Å². The van der Waals surface area contributed by atoms with Gasteiger partial charge in [0.2, 0.25) is 35.4 Å². The summed E-state index contributed by atoms with van der Waals surface area (Å²) in [5.74, 6) is -9.92. The molecule has 0 unspecified atom stereocenters. The molecule has 378 valence electrons. The monoisotopic (exact) mass is 986 g/mol. The van der Waals surface area contributed by atoms with E-state index in [-0.39, 0.29) is 63.3 Å². The molecule has 0 aliphatic rings. The Labute approximate surface area is 401 Å². The van der Waals surface area contributed by atoms with Crippen LogP contribution in [0.5, 0.6) is 0 Å². The van der Waals surface area contributed by atoms with Gasteiger partial charge in [-0.15, -0.1) is 0 Å². The zero-order valence-corrected chi connectivity index (χ0v) is 38.5. The topological polar surface area (TPSA) is 447 Å². The predicted molar refractivity (Wildman–Crippen MR) is 252 cm³/mol. The molecule has 26 nitrogen and oxygen atoms in total. The van der Waals surface area contributed by atoms with Crippen LogP contribution in [0.25, 0.3) is 10.9 Å². The number of carboxylic acid groups (broad SMARTS) is 3. The minimum Gasteiger partial charge on any atom is -0.481 e. The molecule has 0 saturated heterocycles. The number of hydrogen-bond donors (Lipinski definition) is 16. The third kappa shape index (κ3) is 19.5. The zero-order chi connectivity index (χ0) is 51.0. The number of para-hydroxylation sites is 1. The van der Waals surface area contributed by atoms with Gasteiger partial charge in [-0.2, -0.15) is 12.6 Å². The highest BCUT2D eigenvalue weighted by Gasteiger charge is 2.34. The van der Waals surface area contributed by atoms with Gasteiger partial charge in [-0.25, -0.2) is 9.78 Å². The maximum atomic E-state index is 14.6. The number of carboxylic acids is 3. The van der Waals surface area contributed by atoms with Crippen LogP contribution in [-0.4, -0.2) is 151 Å². The zero-order valence-electron chi connectivity index (χ0n) is 37.6. The van der Waals surface area contributed by atoms with E-state index in [1.165, 1.54) is 12.5 Å². The number of nitrogens with zero attached hydrogens (tertiary/aromatic N) is 2. The van der Waals surface area contributed by atoms with Crippen LogP contribution in [0.4, 0.5) is 0 Å². The number of rotatable bonds is 32. The number of unbranched alkanes of at least 4 members (excludes halogenated alkanes) is 1. The molecule has 3 rings (SSSR count). The van der Waals surface area contributed by atoms with Crippen LogP contribution in [0.3, 0.4) is 0 Å². The summed E-state index contributed by atoms with van der Waals surface area (Å²) in [4.78, 5) is 132. The van der Waals surface area contributed by atoms with Crippen LogP contribution in [0, 0.1) is 0 Å². The Hall–Kier alpha value is -7.26. The third-order valence-electron chi connectivity index (χ3n) is 10.6. The number of H-pyrrole nitrogens is 2. The number of aromatic nitrogens is 3. The summed E-state index contributed by atoms with van der Waals surface area (Å²) < 4.78 is 0. The van der Waals surface area contributed by atoms with Crippen molar-refractivity contribution >= 4 is 82.8 Å². The second-order valence-electron chi connectivity index (χ2n) is 15.9. The Bertz CT molecular complexity index is 2250. The first-order chi connectivity index (χ1) is 32.8. The van der Waals surface area contributed by atoms with Gasteiger partial charge in [0.05, 0.1) is 12.4 Å². The van der Waals surface area contributed by atoms with Crippen molar-refractivity contribution in [2.45, 2.75) is 113 Å². The van der Waals surface area contributed by atoms with E-state index >= 15 is 0 Å². The van der Waals surface area contributed by atoms with E-state index in [2.05, 4.69) is 64.5 Å². The highest BCUT2D eigenvalue weighted by atomic mass is 32.1. The number of aromatic amines is 2. The largest absolute Gasteiger partial charge is 0.481 e. The molecule has 0 bridgehead atoms. The smallest absolute Gasteiger partial charge is 0.327 e. The molecule has 3 aromatic rings. The van der Waals surface area contributed by atoms with Crippen molar-refractivity contribution in [1.29, 1.82) is 0 Å². The number of nitrogens with two attached hydrogens (primary N) is 4. The highest BCUT2D eigenvalue weighted by molar-refractivity contribution is 7.80. The Kier molecular flexibility index (Phi) is 23.4. The summed E-state index contributed by atoms with van der Waals surface area (Å²) in [6.07, 6.45) is 2.87. The number of aliphatic imine (C=N–C) groups is 1. The maximum Gasteiger partial charge on any atom is 0.327 e. The molecule has 1 aromatic carbocycles. The normalized spacial score (nSPS) is 14.1. The van der Waals surface area contributed by atoms with Crippen LogP contribution >= 0.6 is 12.6 Å². The molecule has 19 N–H and O–H groups in total. The van der Waals surface area contributed by atoms with Crippen molar-refractivity contribution in [3.63, 3.8) is 0 Å². The number of aliphatic carboxylic acids is 3. The van der Waals surface area contributed by atoms with Crippen LogP contribution in [-0.2, 0) is 56.0 Å². The van der Waals surface area contributed by atoms with Gasteiger partial charge in [-0.05, 0) is 63.1 Å². The fourth-order valence-electron chi connectivity index (χ4n) is 6.86. The Morgan fingerprint density at radius 1 is 0.652 bits per heavy atom. The maximum absolute atomic E-state index is 14.6. The van der Waals surface area contributed by atoms with E-state index < -0.39 is 115 Å². The van der Waals surface area contributed by atoms with E-state index in [1.54, 1.807) is 30.5 Å². The number of amides is 6. The van der Waals surface area contributed by atoms with Gasteiger partial charge in [0, 0.05) is 67.0 Å². The molecule has 2 heterocycles. The summed E-state index contributed by atoms with van der Waals surface area (Å²) in [5.41, 5.74) is 24.1. The van der Waals surface area contributed by atoms with Gasteiger partial charge in [-0.3, -0.25) is 43.3 Å². The van der Waals surface area contributed by atoms with Crippen molar-refractivity contribution in [2.24, 2.45) is 27.9 Å². The molecule has 0 fully saturated rings. The highest BCUT2D eigenvalue weighted by Crippen LogP contribution is 2.20. The molecule has 0 radical (unpaired) electrons. The van der Waals surface area contributed by atoms with Crippen molar-refractivity contribution in [3.8, 4) is 0 Å². The fourth-order valence-corrected chi connectivity index (χ4v) is 7.11. The lowest BCUT2D eigenvalue weighted by molar-refractivity contribution is -0.141. The quantitative estimate of drug-likeness (QED) is 0.0127. The molecule has 27 heteroatoms. The van der Waals surface area contributed by atoms with Crippen LogP contribution in [0.1, 0.15) is 69.0 Å². The number of fused-ring (bicyclic) bond motifs is 1. The van der Waals surface area contributed by atoms with Crippen LogP contribution < -0.4 is 54.8 Å². The number of carbonyl (C=O) groups excluding carboxylic acids is 6. The lowest BCUT2D eigenvalue weighted by Gasteiger charge is -2.27. The van der Waals surface area contributed by atoms with Gasteiger partial charge in [0.15, 0.2) is 5.96 Å². The van der Waals surface area contributed by atoms with Crippen LogP contribution in [0.15, 0.2) is 48.0 Å². The first-order valence-electron chi connectivity index (χ1n) is 22.0. The number of nitrogens with one attached hydrogen (secondary N) is 8. The van der Waals surface area contributed by atoms with Crippen molar-refractivity contribution < 1.29 is 58.5 Å². The summed E-state index contributed by atoms with van der Waals surface area (Å²) in [6.45, 7) is 0.290. The summed E-state index contributed by atoms with van der Waals surface area (Å²) in [5, 5.41) is 43.9. The molecule has 0 spiro atoms. The van der Waals surface area contributed by atoms with Crippen molar-refractivity contribution in [1.82, 2.24) is 46.9 Å². The second-order valence-corrected chi connectivity index (χ2v) is 16.3. The molecular weight excluding hydrogens is 925 g/mol. The lowest BCUT2D eigenvalue weighted by atomic mass is 10.0. The van der Waals surface area contributed by atoms with Gasteiger partial charge in [0.1, 0.15) is 36.3 Å². The first kappa shape index (κ1) is 56.1. The molecule has 2 aromatic heterocycles. The summed E-state index contributed by atoms with van der Waals surface area (Å²) in [7, 11) is 0. The number of carbonyl (C=O) groups is 9.